The molecule has 0 saturated carbocycles. The minimum absolute atomic E-state index is 0. The minimum atomic E-state index is 0. The molecule has 3 aliphatic rings. The molecule has 1 atom stereocenters. The number of fused-ring (bicyclic) bond motifs is 4. The summed E-state index contributed by atoms with van der Waals surface area (Å²) in [7, 11) is 3.80. The number of piperidine rings is 1. The Hall–Kier alpha value is -11.5. The number of anilines is 10. The fourth-order valence-corrected chi connectivity index (χ4v) is 15.0. The second-order valence-electron chi connectivity index (χ2n) is 24.9. The van der Waals surface area contributed by atoms with Crippen molar-refractivity contribution in [3.63, 3.8) is 0 Å². The minimum Gasteiger partial charge on any atom is -0.355 e. The number of nitrogens with zero attached hydrogens (tertiary/aromatic N) is 24. The van der Waals surface area contributed by atoms with E-state index in [0.29, 0.717) is 5.92 Å². The molecule has 0 unspecified atom stereocenters. The molecule has 3 aliphatic heterocycles. The smallest absolute Gasteiger partial charge is 0.167 e. The van der Waals surface area contributed by atoms with Gasteiger partial charge in [0.1, 0.15) is 54.9 Å². The van der Waals surface area contributed by atoms with E-state index in [1.807, 2.05) is 147 Å². The van der Waals surface area contributed by atoms with E-state index in [4.69, 9.17) is 21.4 Å². The first-order valence-electron chi connectivity index (χ1n) is 32.8. The normalized spacial score (nSPS) is 14.7. The molecular formula is C66H73N33S4. The summed E-state index contributed by atoms with van der Waals surface area (Å²) in [6, 6.07) is 16.4. The Morgan fingerprint density at radius 1 is 0.456 bits per heavy atom. The fourth-order valence-electron chi connectivity index (χ4n) is 12.2. The zero-order valence-electron chi connectivity index (χ0n) is 55.8. The van der Waals surface area contributed by atoms with Crippen molar-refractivity contribution in [3.8, 4) is 44.5 Å². The number of rotatable bonds is 15. The van der Waals surface area contributed by atoms with Crippen LogP contribution >= 0.6 is 46.1 Å². The van der Waals surface area contributed by atoms with Crippen molar-refractivity contribution in [2.24, 2.45) is 25.6 Å². The number of aryl methyl sites for hydroxylation is 5. The highest BCUT2D eigenvalue weighted by atomic mass is 32.1. The molecule has 526 valence electrons. The Balaban J connectivity index is 0.000000111. The highest BCUT2D eigenvalue weighted by Crippen LogP contribution is 2.36. The maximum absolute atomic E-state index is 6.12. The van der Waals surface area contributed by atoms with Gasteiger partial charge in [0.25, 0.3) is 0 Å². The van der Waals surface area contributed by atoms with Gasteiger partial charge >= 0.3 is 0 Å². The molecule has 19 heterocycles. The first-order valence-corrected chi connectivity index (χ1v) is 35.9. The van der Waals surface area contributed by atoms with Crippen LogP contribution in [0.15, 0.2) is 135 Å². The van der Waals surface area contributed by atoms with Crippen molar-refractivity contribution < 1.29 is 0 Å². The molecule has 16 aromatic heterocycles. The van der Waals surface area contributed by atoms with Gasteiger partial charge in [0, 0.05) is 152 Å². The first kappa shape index (κ1) is 67.3. The number of hydrogen-bond acceptors (Lipinski definition) is 29. The number of H-pyrrole nitrogens is 2. The van der Waals surface area contributed by atoms with E-state index in [2.05, 4.69) is 121 Å². The van der Waals surface area contributed by atoms with Crippen LogP contribution in [0.3, 0.4) is 0 Å². The summed E-state index contributed by atoms with van der Waals surface area (Å²) in [5.74, 6) is 5.74. The van der Waals surface area contributed by atoms with E-state index in [0.717, 1.165) is 198 Å². The number of aromatic nitrogens is 24. The maximum atomic E-state index is 6.12. The quantitative estimate of drug-likeness (QED) is 0.0460. The number of nitrogens with one attached hydrogen (secondary N) is 7. The molecule has 0 bridgehead atoms. The molecule has 19 rings (SSSR count). The van der Waals surface area contributed by atoms with Crippen molar-refractivity contribution >= 4 is 124 Å². The van der Waals surface area contributed by atoms with Gasteiger partial charge in [-0.2, -0.15) is 76.3 Å². The molecule has 3 saturated heterocycles. The van der Waals surface area contributed by atoms with E-state index in [1.54, 1.807) is 44.9 Å². The molecule has 37 heteroatoms. The van der Waals surface area contributed by atoms with Crippen molar-refractivity contribution in [2.45, 2.75) is 65.5 Å². The summed E-state index contributed by atoms with van der Waals surface area (Å²) in [6.45, 7) is 11.4. The van der Waals surface area contributed by atoms with Crippen molar-refractivity contribution in [3.05, 3.63) is 158 Å². The predicted molar refractivity (Wildman–Crippen MR) is 404 cm³/mol. The highest BCUT2D eigenvalue weighted by molar-refractivity contribution is 7.11. The standard InChI is InChI=1S/C18H21N9S.C17H19N9S.C17H18N8S.C13H11N7S.CH4/c1-11-5-17(28-24-11)22-16-6-15(26-4-3-13(19)10-26)23-18-14(8-21-27(16)18)12-7-20-25(2)9-12;1-10-3-16(27-23-10)21-15-4-14(25-8-12(18)9-25)22-17-13(6-20-26(15)17)11-5-19-24(2)7-11;1-4-18-5-2-11(1)14-7-16(26-24-14)23-15-3-6-19-17-13(10-22-25(15)17)12-8-20-21-9-12;1-8-4-12(21-19-8)18-11-2-3-14-13-10(7-17-20(11)13)9-5-15-16-6-9;/h5-9,13,22H,3-4,10,19H2,1-2H3;3-7,12,21H,8-9,18H2,1-2H3;3,6-11,18,23H,1-2,4-5H2,(H,20,21);2-7,18H,1H3,(H,15,16);1H4/t13-;;;;/m0..../s1. The monoisotopic (exact) mass is 1460 g/mol. The summed E-state index contributed by atoms with van der Waals surface area (Å²) in [5.41, 5.74) is 27.0. The molecule has 33 nitrogen and oxygen atoms in total. The van der Waals surface area contributed by atoms with Crippen LogP contribution in [0.25, 0.3) is 67.1 Å². The van der Waals surface area contributed by atoms with Gasteiger partial charge in [-0.3, -0.25) is 19.6 Å². The van der Waals surface area contributed by atoms with Gasteiger partial charge < -0.3 is 47.9 Å². The van der Waals surface area contributed by atoms with Crippen LogP contribution < -0.4 is 47.9 Å². The van der Waals surface area contributed by atoms with Gasteiger partial charge in [-0.25, -0.2) is 19.9 Å². The summed E-state index contributed by atoms with van der Waals surface area (Å²) < 4.78 is 28.4. The Morgan fingerprint density at radius 2 is 0.883 bits per heavy atom. The zero-order chi connectivity index (χ0) is 69.4. The van der Waals surface area contributed by atoms with Crippen LogP contribution in [-0.2, 0) is 14.1 Å². The van der Waals surface area contributed by atoms with Crippen LogP contribution in [-0.4, -0.2) is 167 Å². The third-order valence-corrected chi connectivity index (χ3v) is 20.4. The molecular weight excluding hydrogens is 1380 g/mol. The summed E-state index contributed by atoms with van der Waals surface area (Å²) in [6.07, 6.45) is 28.9. The molecule has 16 aromatic rings. The SMILES string of the molecule is C.Cc1cc(Nc2cc(N3CC(N)C3)nc3c(-c4cnn(C)c4)cnn23)sn1.Cc1cc(Nc2cc(N3CC[C@H](N)C3)nc3c(-c4cnn(C)c4)cnn23)sn1.Cc1cc(Nc2ccnc3c(-c4cn[nH]c4)cnn23)sn1.c1cc(Nc2cc(C3CCNCC3)ns2)n2ncc(-c3cn[nH]c3)c2n1. The second-order valence-corrected chi connectivity index (χ2v) is 28.1. The van der Waals surface area contributed by atoms with Crippen LogP contribution in [0, 0.1) is 20.8 Å². The second kappa shape index (κ2) is 29.2. The molecule has 0 amide bonds. The fraction of sp³-hybridized carbons (Fsp3) is 0.273. The molecule has 11 N–H and O–H groups in total. The van der Waals surface area contributed by atoms with Crippen molar-refractivity contribution in [2.75, 3.05) is 70.3 Å². The third-order valence-electron chi connectivity index (χ3n) is 17.3. The average molecular weight is 1460 g/mol. The Bertz CT molecular complexity index is 5510. The van der Waals surface area contributed by atoms with Crippen LogP contribution in [0.5, 0.6) is 0 Å². The van der Waals surface area contributed by atoms with E-state index in [9.17, 15) is 0 Å². The lowest BCUT2D eigenvalue weighted by atomic mass is 9.95. The summed E-state index contributed by atoms with van der Waals surface area (Å²) >= 11 is 5.77. The van der Waals surface area contributed by atoms with Gasteiger partial charge in [-0.15, -0.1) is 0 Å². The van der Waals surface area contributed by atoms with E-state index in [1.165, 1.54) is 51.8 Å². The van der Waals surface area contributed by atoms with Gasteiger partial charge in [-0.1, -0.05) is 7.43 Å². The molecule has 0 spiro atoms. The lowest BCUT2D eigenvalue weighted by Crippen LogP contribution is -2.56. The van der Waals surface area contributed by atoms with E-state index >= 15 is 0 Å². The largest absolute Gasteiger partial charge is 0.355 e. The molecule has 103 heavy (non-hydrogen) atoms. The van der Waals surface area contributed by atoms with Crippen molar-refractivity contribution in [1.29, 1.82) is 0 Å². The molecule has 0 aliphatic carbocycles. The Kier molecular flexibility index (Phi) is 19.1. The molecule has 0 radical (unpaired) electrons. The van der Waals surface area contributed by atoms with Gasteiger partial charge in [0.2, 0.25) is 0 Å². The summed E-state index contributed by atoms with van der Waals surface area (Å²) in [4.78, 5) is 23.1. The average Bonchev–Trinajstić information content (AvgIpc) is 1.71. The topological polar surface area (TPSA) is 384 Å². The van der Waals surface area contributed by atoms with Crippen LogP contribution in [0.1, 0.15) is 55.4 Å². The zero-order valence-corrected chi connectivity index (χ0v) is 59.1. The van der Waals surface area contributed by atoms with Crippen LogP contribution in [0.2, 0.25) is 0 Å². The van der Waals surface area contributed by atoms with Crippen LogP contribution in [0.4, 0.5) is 54.9 Å². The number of hydrogen-bond donors (Lipinski definition) is 9. The lowest BCUT2D eigenvalue weighted by molar-refractivity contribution is 0.455. The lowest BCUT2D eigenvalue weighted by Gasteiger charge is -2.38. The Morgan fingerprint density at radius 3 is 1.29 bits per heavy atom. The summed E-state index contributed by atoms with van der Waals surface area (Å²) in [5, 5.41) is 61.2. The maximum Gasteiger partial charge on any atom is 0.167 e. The predicted octanol–water partition coefficient (Wildman–Crippen LogP) is 10.0. The Labute approximate surface area is 605 Å². The van der Waals surface area contributed by atoms with Crippen molar-refractivity contribution in [1.82, 2.24) is 121 Å². The van der Waals surface area contributed by atoms with Gasteiger partial charge in [-0.05, 0) is 136 Å². The van der Waals surface area contributed by atoms with E-state index in [-0.39, 0.29) is 19.5 Å². The molecule has 3 fully saturated rings. The van der Waals surface area contributed by atoms with Gasteiger partial charge in [0.05, 0.1) is 72.4 Å². The number of aromatic amines is 2. The highest BCUT2D eigenvalue weighted by Gasteiger charge is 2.28. The van der Waals surface area contributed by atoms with E-state index < -0.39 is 0 Å². The number of nitrogens with two attached hydrogens (primary N) is 2. The van der Waals surface area contributed by atoms with Gasteiger partial charge in [0.15, 0.2) is 22.6 Å². The first-order chi connectivity index (χ1) is 49.8. The molecule has 0 aromatic carbocycles. The third kappa shape index (κ3) is 14.5.